The van der Waals surface area contributed by atoms with Crippen LogP contribution < -0.4 is 4.74 Å². The minimum absolute atomic E-state index is 0.198. The molecule has 1 nitrogen and oxygen atoms in total. The molecule has 0 aliphatic rings. The monoisotopic (exact) mass is 216 g/mol. The van der Waals surface area contributed by atoms with Gasteiger partial charge in [0.05, 0.1) is 0 Å². The van der Waals surface area contributed by atoms with Gasteiger partial charge in [0.25, 0.3) is 0 Å². The van der Waals surface area contributed by atoms with Crippen molar-refractivity contribution in [3.63, 3.8) is 0 Å². The summed E-state index contributed by atoms with van der Waals surface area (Å²) in [5, 5.41) is 0. The van der Waals surface area contributed by atoms with Crippen molar-refractivity contribution in [2.45, 2.75) is 19.7 Å². The zero-order valence-corrected chi connectivity index (χ0v) is 8.21. The Bertz CT molecular complexity index is 325. The molecule has 0 N–H and O–H groups in total. The van der Waals surface area contributed by atoms with E-state index < -0.39 is 6.36 Å². The standard InChI is InChI=1S/C11H11F3O/c1-2-3-4-9-5-7-10(8-6-9)15-11(12,13)14/h3-8H,2H2,1H3. The summed E-state index contributed by atoms with van der Waals surface area (Å²) in [6.07, 6.45) is 0.0402. The number of hydrogen-bond acceptors (Lipinski definition) is 1. The van der Waals surface area contributed by atoms with Gasteiger partial charge in [-0.2, -0.15) is 0 Å². The van der Waals surface area contributed by atoms with Crippen LogP contribution in [-0.4, -0.2) is 6.36 Å². The lowest BCUT2D eigenvalue weighted by Gasteiger charge is -2.08. The molecule has 0 saturated carbocycles. The Morgan fingerprint density at radius 2 is 1.80 bits per heavy atom. The smallest absolute Gasteiger partial charge is 0.406 e. The zero-order chi connectivity index (χ0) is 11.3. The minimum Gasteiger partial charge on any atom is -0.406 e. The van der Waals surface area contributed by atoms with Crippen LogP contribution >= 0.6 is 0 Å². The summed E-state index contributed by atoms with van der Waals surface area (Å²) in [6, 6.07) is 5.74. The number of halogens is 3. The van der Waals surface area contributed by atoms with Gasteiger partial charge < -0.3 is 4.74 Å². The molecule has 15 heavy (non-hydrogen) atoms. The van der Waals surface area contributed by atoms with E-state index in [9.17, 15) is 13.2 Å². The highest BCUT2D eigenvalue weighted by atomic mass is 19.4. The molecule has 0 aliphatic carbocycles. The SMILES string of the molecule is CCC=Cc1ccc(OC(F)(F)F)cc1. The van der Waals surface area contributed by atoms with Gasteiger partial charge >= 0.3 is 6.36 Å². The molecule has 1 aromatic rings. The highest BCUT2D eigenvalue weighted by Crippen LogP contribution is 2.22. The molecule has 0 spiro atoms. The Labute approximate surface area is 86.2 Å². The second-order valence-corrected chi connectivity index (χ2v) is 2.93. The fraction of sp³-hybridized carbons (Fsp3) is 0.273. The number of benzene rings is 1. The molecule has 0 unspecified atom stereocenters. The maximum Gasteiger partial charge on any atom is 0.573 e. The first-order valence-corrected chi connectivity index (χ1v) is 4.53. The fourth-order valence-corrected chi connectivity index (χ4v) is 1.03. The molecule has 0 radical (unpaired) electrons. The number of ether oxygens (including phenoxy) is 1. The van der Waals surface area contributed by atoms with Crippen molar-refractivity contribution >= 4 is 6.08 Å². The van der Waals surface area contributed by atoms with E-state index in [2.05, 4.69) is 4.74 Å². The molecule has 0 atom stereocenters. The van der Waals surface area contributed by atoms with E-state index in [1.807, 2.05) is 19.1 Å². The molecule has 0 heterocycles. The Morgan fingerprint density at radius 1 is 1.20 bits per heavy atom. The molecular formula is C11H11F3O. The highest BCUT2D eigenvalue weighted by molar-refractivity contribution is 5.50. The van der Waals surface area contributed by atoms with Crippen LogP contribution in [0.5, 0.6) is 5.75 Å². The third-order valence-electron chi connectivity index (χ3n) is 1.66. The third-order valence-corrected chi connectivity index (χ3v) is 1.66. The van der Waals surface area contributed by atoms with Gasteiger partial charge in [-0.05, 0) is 24.1 Å². The molecular weight excluding hydrogens is 205 g/mol. The lowest BCUT2D eigenvalue weighted by molar-refractivity contribution is -0.274. The highest BCUT2D eigenvalue weighted by Gasteiger charge is 2.30. The first-order chi connectivity index (χ1) is 7.01. The van der Waals surface area contributed by atoms with Gasteiger partial charge in [-0.15, -0.1) is 13.2 Å². The van der Waals surface area contributed by atoms with Gasteiger partial charge in [0.1, 0.15) is 5.75 Å². The van der Waals surface area contributed by atoms with E-state index in [-0.39, 0.29) is 5.75 Å². The van der Waals surface area contributed by atoms with Gasteiger partial charge in [0.15, 0.2) is 0 Å². The van der Waals surface area contributed by atoms with E-state index in [0.717, 1.165) is 12.0 Å². The van der Waals surface area contributed by atoms with Crippen LogP contribution in [0.2, 0.25) is 0 Å². The van der Waals surface area contributed by atoms with Crippen LogP contribution in [-0.2, 0) is 0 Å². The van der Waals surface area contributed by atoms with Gasteiger partial charge in [0.2, 0.25) is 0 Å². The lowest BCUT2D eigenvalue weighted by atomic mass is 10.2. The lowest BCUT2D eigenvalue weighted by Crippen LogP contribution is -2.16. The van der Waals surface area contributed by atoms with E-state index in [4.69, 9.17) is 0 Å². The number of rotatable bonds is 3. The van der Waals surface area contributed by atoms with Crippen molar-refractivity contribution in [2.75, 3.05) is 0 Å². The summed E-state index contributed by atoms with van der Waals surface area (Å²) in [4.78, 5) is 0. The Kier molecular flexibility index (Phi) is 3.77. The van der Waals surface area contributed by atoms with Crippen LogP contribution in [0.3, 0.4) is 0 Å². The van der Waals surface area contributed by atoms with Gasteiger partial charge in [-0.3, -0.25) is 0 Å². The van der Waals surface area contributed by atoms with Gasteiger partial charge in [0, 0.05) is 0 Å². The number of allylic oxidation sites excluding steroid dienone is 1. The van der Waals surface area contributed by atoms with Crippen molar-refractivity contribution in [3.8, 4) is 5.75 Å². The van der Waals surface area contributed by atoms with Crippen molar-refractivity contribution in [1.29, 1.82) is 0 Å². The maximum absolute atomic E-state index is 11.8. The number of alkyl halides is 3. The summed E-state index contributed by atoms with van der Waals surface area (Å²) in [5.41, 5.74) is 0.853. The summed E-state index contributed by atoms with van der Waals surface area (Å²) in [7, 11) is 0. The molecule has 4 heteroatoms. The molecule has 0 aromatic heterocycles. The molecule has 82 valence electrons. The second kappa shape index (κ2) is 4.87. The molecule has 0 bridgehead atoms. The largest absolute Gasteiger partial charge is 0.573 e. The molecule has 1 rings (SSSR count). The zero-order valence-electron chi connectivity index (χ0n) is 8.21. The first kappa shape index (κ1) is 11.6. The van der Waals surface area contributed by atoms with Crippen LogP contribution in [0.4, 0.5) is 13.2 Å². The topological polar surface area (TPSA) is 9.23 Å². The maximum atomic E-state index is 11.8. The minimum atomic E-state index is -4.62. The van der Waals surface area contributed by atoms with Crippen LogP contribution in [0.15, 0.2) is 30.3 Å². The quantitative estimate of drug-likeness (QED) is 0.741. The molecule has 1 aromatic carbocycles. The van der Waals surface area contributed by atoms with Crippen molar-refractivity contribution in [3.05, 3.63) is 35.9 Å². The summed E-state index contributed by atoms with van der Waals surface area (Å²) < 4.78 is 39.2. The summed E-state index contributed by atoms with van der Waals surface area (Å²) in [5.74, 6) is -0.198. The van der Waals surface area contributed by atoms with Crippen LogP contribution in [0.25, 0.3) is 6.08 Å². The second-order valence-electron chi connectivity index (χ2n) is 2.93. The van der Waals surface area contributed by atoms with Crippen LogP contribution in [0, 0.1) is 0 Å². The average Bonchev–Trinajstić information content (AvgIpc) is 2.14. The summed E-state index contributed by atoms with van der Waals surface area (Å²) in [6.45, 7) is 1.98. The average molecular weight is 216 g/mol. The summed E-state index contributed by atoms with van der Waals surface area (Å²) >= 11 is 0. The molecule has 0 aliphatic heterocycles. The van der Waals surface area contributed by atoms with Crippen molar-refractivity contribution in [2.24, 2.45) is 0 Å². The Morgan fingerprint density at radius 3 is 2.27 bits per heavy atom. The van der Waals surface area contributed by atoms with E-state index in [1.54, 1.807) is 12.1 Å². The van der Waals surface area contributed by atoms with Crippen molar-refractivity contribution < 1.29 is 17.9 Å². The van der Waals surface area contributed by atoms with E-state index in [0.29, 0.717) is 0 Å². The van der Waals surface area contributed by atoms with E-state index in [1.165, 1.54) is 12.1 Å². The Hall–Kier alpha value is -1.45. The normalized spacial score (nSPS) is 12.0. The Balaban J connectivity index is 2.68. The first-order valence-electron chi connectivity index (χ1n) is 4.53. The van der Waals surface area contributed by atoms with E-state index >= 15 is 0 Å². The van der Waals surface area contributed by atoms with Gasteiger partial charge in [-0.1, -0.05) is 31.2 Å². The third kappa shape index (κ3) is 4.54. The predicted molar refractivity (Wildman–Crippen MR) is 52.5 cm³/mol. The van der Waals surface area contributed by atoms with Gasteiger partial charge in [-0.25, -0.2) is 0 Å². The predicted octanol–water partition coefficient (Wildman–Crippen LogP) is 4.01. The van der Waals surface area contributed by atoms with Crippen molar-refractivity contribution in [1.82, 2.24) is 0 Å². The van der Waals surface area contributed by atoms with Crippen LogP contribution in [0.1, 0.15) is 18.9 Å². The molecule has 0 fully saturated rings. The molecule has 0 saturated heterocycles. The fourth-order valence-electron chi connectivity index (χ4n) is 1.03. The molecule has 0 amide bonds. The number of hydrogen-bond donors (Lipinski definition) is 0.